The molecule has 0 amide bonds. The molecule has 0 atom stereocenters. The number of H-pyrrole nitrogens is 1. The monoisotopic (exact) mass is 424 g/mol. The summed E-state index contributed by atoms with van der Waals surface area (Å²) in [5, 5.41) is 0. The first-order valence-electron chi connectivity index (χ1n) is 11.1. The van der Waals surface area contributed by atoms with Crippen molar-refractivity contribution in [3.8, 4) is 0 Å². The highest BCUT2D eigenvalue weighted by Gasteiger charge is 2.24. The van der Waals surface area contributed by atoms with Crippen molar-refractivity contribution >= 4 is 17.1 Å². The average Bonchev–Trinajstić information content (AvgIpc) is 3.16. The molecule has 3 heterocycles. The molecule has 0 saturated carbocycles. The van der Waals surface area contributed by atoms with Crippen LogP contribution in [0.5, 0.6) is 0 Å². The molecule has 1 saturated heterocycles. The number of piperazine rings is 1. The van der Waals surface area contributed by atoms with Crippen molar-refractivity contribution in [2.24, 2.45) is 13.0 Å². The van der Waals surface area contributed by atoms with E-state index in [9.17, 15) is 9.59 Å². The van der Waals surface area contributed by atoms with Crippen LogP contribution in [-0.4, -0.2) is 56.7 Å². The number of nitrogens with zero attached hydrogens (tertiary/aromatic N) is 5. The fourth-order valence-corrected chi connectivity index (χ4v) is 4.17. The Hall–Kier alpha value is -2.87. The number of fused-ring (bicyclic) bond motifs is 1. The molecule has 8 nitrogen and oxygen atoms in total. The minimum Gasteiger partial charge on any atom is -0.340 e. The summed E-state index contributed by atoms with van der Waals surface area (Å²) in [7, 11) is 1.66. The molecule has 0 unspecified atom stereocenters. The van der Waals surface area contributed by atoms with E-state index in [2.05, 4.69) is 40.8 Å². The van der Waals surface area contributed by atoms with Crippen LogP contribution in [0.2, 0.25) is 0 Å². The molecule has 1 aliphatic heterocycles. The number of aromatic amines is 1. The Labute approximate surface area is 182 Å². The van der Waals surface area contributed by atoms with E-state index in [1.54, 1.807) is 7.05 Å². The number of aryl methyl sites for hydroxylation is 3. The molecule has 1 aromatic carbocycles. The first-order valence-corrected chi connectivity index (χ1v) is 11.1. The quantitative estimate of drug-likeness (QED) is 0.626. The van der Waals surface area contributed by atoms with Crippen molar-refractivity contribution in [1.82, 2.24) is 24.0 Å². The first kappa shape index (κ1) is 21.4. The number of nitrogens with one attached hydrogen (secondary N) is 1. The molecule has 0 bridgehead atoms. The molecule has 0 aliphatic carbocycles. The molecule has 0 radical (unpaired) electrons. The van der Waals surface area contributed by atoms with Gasteiger partial charge in [0.1, 0.15) is 0 Å². The number of rotatable bonds is 7. The normalized spacial score (nSPS) is 15.3. The van der Waals surface area contributed by atoms with E-state index >= 15 is 0 Å². The van der Waals surface area contributed by atoms with Gasteiger partial charge in [0.15, 0.2) is 11.2 Å². The van der Waals surface area contributed by atoms with Gasteiger partial charge in [0.2, 0.25) is 5.95 Å². The lowest BCUT2D eigenvalue weighted by Crippen LogP contribution is -2.47. The Morgan fingerprint density at radius 2 is 1.74 bits per heavy atom. The summed E-state index contributed by atoms with van der Waals surface area (Å²) in [5.74, 6) is 1.48. The molecule has 0 spiro atoms. The topological polar surface area (TPSA) is 79.2 Å². The molecule has 8 heteroatoms. The summed E-state index contributed by atoms with van der Waals surface area (Å²) in [6.45, 7) is 9.93. The largest absolute Gasteiger partial charge is 0.340 e. The van der Waals surface area contributed by atoms with Crippen molar-refractivity contribution in [2.45, 2.75) is 33.2 Å². The summed E-state index contributed by atoms with van der Waals surface area (Å²) in [4.78, 5) is 36.8. The lowest BCUT2D eigenvalue weighted by atomic mass is 10.1. The molecule has 1 N–H and O–H groups in total. The lowest BCUT2D eigenvalue weighted by molar-refractivity contribution is 0.242. The summed E-state index contributed by atoms with van der Waals surface area (Å²) in [5.41, 5.74) is 1.31. The third kappa shape index (κ3) is 4.58. The van der Waals surface area contributed by atoms with Crippen LogP contribution in [0.15, 0.2) is 39.9 Å². The molecule has 2 aromatic heterocycles. The molecule has 166 valence electrons. The van der Waals surface area contributed by atoms with Gasteiger partial charge in [-0.2, -0.15) is 4.98 Å². The van der Waals surface area contributed by atoms with Crippen LogP contribution < -0.4 is 16.1 Å². The second-order valence-corrected chi connectivity index (χ2v) is 8.80. The third-order valence-electron chi connectivity index (χ3n) is 6.13. The summed E-state index contributed by atoms with van der Waals surface area (Å²) in [6.07, 6.45) is 1.99. The highest BCUT2D eigenvalue weighted by atomic mass is 16.2. The van der Waals surface area contributed by atoms with E-state index in [0.717, 1.165) is 45.1 Å². The Morgan fingerprint density at radius 1 is 1.03 bits per heavy atom. The summed E-state index contributed by atoms with van der Waals surface area (Å²) in [6, 6.07) is 10.2. The number of anilines is 1. The fourth-order valence-electron chi connectivity index (χ4n) is 4.17. The van der Waals surface area contributed by atoms with Crippen LogP contribution in [0, 0.1) is 5.92 Å². The fraction of sp³-hybridized carbons (Fsp3) is 0.522. The Morgan fingerprint density at radius 3 is 2.42 bits per heavy atom. The highest BCUT2D eigenvalue weighted by Crippen LogP contribution is 2.22. The zero-order chi connectivity index (χ0) is 22.0. The first-order chi connectivity index (χ1) is 14.9. The van der Waals surface area contributed by atoms with Gasteiger partial charge in [-0.05, 0) is 30.9 Å². The van der Waals surface area contributed by atoms with Crippen molar-refractivity contribution in [1.29, 1.82) is 0 Å². The van der Waals surface area contributed by atoms with E-state index < -0.39 is 5.69 Å². The predicted molar refractivity (Wildman–Crippen MR) is 124 cm³/mol. The Kier molecular flexibility index (Phi) is 6.27. The second-order valence-electron chi connectivity index (χ2n) is 8.80. The van der Waals surface area contributed by atoms with E-state index in [0.29, 0.717) is 23.6 Å². The van der Waals surface area contributed by atoms with Crippen LogP contribution in [-0.2, 0) is 20.0 Å². The minimum absolute atomic E-state index is 0.375. The zero-order valence-electron chi connectivity index (χ0n) is 18.7. The van der Waals surface area contributed by atoms with Crippen LogP contribution in [0.25, 0.3) is 11.2 Å². The summed E-state index contributed by atoms with van der Waals surface area (Å²) >= 11 is 0. The van der Waals surface area contributed by atoms with Gasteiger partial charge in [-0.1, -0.05) is 44.2 Å². The average molecular weight is 425 g/mol. The number of aromatic nitrogens is 4. The number of benzene rings is 1. The standard InChI is InChI=1S/C23H32N6O2/c1-17(2)9-11-27-13-15-28(16-14-27)22-24-20-19(21(30)25-23(31)26(20)3)29(22)12-10-18-7-5-4-6-8-18/h4-8,17H,9-16H2,1-3H3,(H,25,30,31). The van der Waals surface area contributed by atoms with Gasteiger partial charge in [-0.3, -0.25) is 19.2 Å². The van der Waals surface area contributed by atoms with Crippen molar-refractivity contribution in [3.05, 3.63) is 56.7 Å². The van der Waals surface area contributed by atoms with Gasteiger partial charge in [-0.25, -0.2) is 4.79 Å². The number of hydrogen-bond donors (Lipinski definition) is 1. The van der Waals surface area contributed by atoms with E-state index in [4.69, 9.17) is 4.98 Å². The number of imidazole rings is 1. The molecule has 31 heavy (non-hydrogen) atoms. The molecule has 1 fully saturated rings. The molecule has 3 aromatic rings. The van der Waals surface area contributed by atoms with Crippen LogP contribution in [0.4, 0.5) is 5.95 Å². The van der Waals surface area contributed by atoms with Crippen molar-refractivity contribution in [3.63, 3.8) is 0 Å². The minimum atomic E-state index is -0.435. The third-order valence-corrected chi connectivity index (χ3v) is 6.13. The lowest BCUT2D eigenvalue weighted by Gasteiger charge is -2.35. The van der Waals surface area contributed by atoms with Crippen molar-refractivity contribution in [2.75, 3.05) is 37.6 Å². The zero-order valence-corrected chi connectivity index (χ0v) is 18.7. The van der Waals surface area contributed by atoms with Gasteiger partial charge < -0.3 is 9.47 Å². The van der Waals surface area contributed by atoms with Gasteiger partial charge in [0.05, 0.1) is 0 Å². The van der Waals surface area contributed by atoms with Crippen molar-refractivity contribution < 1.29 is 0 Å². The maximum Gasteiger partial charge on any atom is 0.329 e. The van der Waals surface area contributed by atoms with E-state index in [1.807, 2.05) is 22.8 Å². The maximum atomic E-state index is 12.7. The van der Waals surface area contributed by atoms with Crippen LogP contribution in [0.3, 0.4) is 0 Å². The van der Waals surface area contributed by atoms with Gasteiger partial charge >= 0.3 is 5.69 Å². The van der Waals surface area contributed by atoms with Gasteiger partial charge in [0.25, 0.3) is 5.56 Å². The molecular weight excluding hydrogens is 392 g/mol. The summed E-state index contributed by atoms with van der Waals surface area (Å²) < 4.78 is 3.42. The Balaban J connectivity index is 1.64. The highest BCUT2D eigenvalue weighted by molar-refractivity contribution is 5.74. The second kappa shape index (κ2) is 9.09. The predicted octanol–water partition coefficient (Wildman–Crippen LogP) is 1.83. The van der Waals surface area contributed by atoms with Crippen LogP contribution >= 0.6 is 0 Å². The molecular formula is C23H32N6O2. The van der Waals surface area contributed by atoms with Gasteiger partial charge in [-0.15, -0.1) is 0 Å². The smallest absolute Gasteiger partial charge is 0.329 e. The number of hydrogen-bond acceptors (Lipinski definition) is 5. The van der Waals surface area contributed by atoms with Crippen LogP contribution in [0.1, 0.15) is 25.8 Å². The SMILES string of the molecule is CC(C)CCN1CCN(c2nc3c(c(=O)[nH]c(=O)n3C)n2CCc2ccccc2)CC1. The Bertz CT molecular complexity index is 1140. The van der Waals surface area contributed by atoms with Gasteiger partial charge in [0, 0.05) is 39.8 Å². The maximum absolute atomic E-state index is 12.7. The van der Waals surface area contributed by atoms with E-state index in [1.165, 1.54) is 16.6 Å². The molecule has 4 rings (SSSR count). The van der Waals surface area contributed by atoms with E-state index in [-0.39, 0.29) is 5.56 Å². The molecule has 1 aliphatic rings.